The molecule has 0 spiro atoms. The molecular formula is C18H26N4O. The first kappa shape index (κ1) is 17.4. The van der Waals surface area contributed by atoms with Gasteiger partial charge in [0.25, 0.3) is 0 Å². The standard InChI is InChI=1S/C18H26N4O/c1-15(2)17(14-19)21-10-12-22(13-11-21)18(23)8-5-7-16-6-3-4-9-20-16/h3-4,6,9,15,17H,5,7-8,10-13H2,1-2H3. The summed E-state index contributed by atoms with van der Waals surface area (Å²) in [4.78, 5) is 20.7. The van der Waals surface area contributed by atoms with Crippen molar-refractivity contribution in [3.05, 3.63) is 30.1 Å². The molecule has 5 heteroatoms. The Bertz CT molecular complexity index is 530. The van der Waals surface area contributed by atoms with E-state index in [2.05, 4.69) is 29.8 Å². The van der Waals surface area contributed by atoms with Gasteiger partial charge in [-0.05, 0) is 30.9 Å². The largest absolute Gasteiger partial charge is 0.340 e. The molecule has 0 aliphatic carbocycles. The predicted octanol–water partition coefficient (Wildman–Crippen LogP) is 2.10. The highest BCUT2D eigenvalue weighted by Crippen LogP contribution is 2.14. The lowest BCUT2D eigenvalue weighted by atomic mass is 10.0. The van der Waals surface area contributed by atoms with Crippen molar-refractivity contribution in [3.8, 4) is 6.07 Å². The maximum Gasteiger partial charge on any atom is 0.222 e. The van der Waals surface area contributed by atoms with E-state index in [0.29, 0.717) is 12.3 Å². The van der Waals surface area contributed by atoms with Gasteiger partial charge in [0.1, 0.15) is 6.04 Å². The molecule has 1 atom stereocenters. The molecule has 1 aromatic rings. The molecule has 1 aliphatic heterocycles. The van der Waals surface area contributed by atoms with Gasteiger partial charge in [-0.2, -0.15) is 5.26 Å². The lowest BCUT2D eigenvalue weighted by Gasteiger charge is -2.38. The van der Waals surface area contributed by atoms with Crippen LogP contribution in [0.3, 0.4) is 0 Å². The van der Waals surface area contributed by atoms with Crippen LogP contribution >= 0.6 is 0 Å². The molecule has 23 heavy (non-hydrogen) atoms. The zero-order valence-corrected chi connectivity index (χ0v) is 14.1. The summed E-state index contributed by atoms with van der Waals surface area (Å²) in [5.74, 6) is 0.541. The van der Waals surface area contributed by atoms with Gasteiger partial charge < -0.3 is 4.90 Å². The van der Waals surface area contributed by atoms with Crippen molar-refractivity contribution < 1.29 is 4.79 Å². The molecule has 1 saturated heterocycles. The molecule has 0 saturated carbocycles. The smallest absolute Gasteiger partial charge is 0.222 e. The Hall–Kier alpha value is -1.93. The van der Waals surface area contributed by atoms with Crippen LogP contribution < -0.4 is 0 Å². The number of carbonyl (C=O) groups excluding carboxylic acids is 1. The molecule has 2 rings (SSSR count). The third-order valence-corrected chi connectivity index (χ3v) is 4.37. The van der Waals surface area contributed by atoms with Crippen molar-refractivity contribution in [1.29, 1.82) is 5.26 Å². The van der Waals surface area contributed by atoms with Crippen LogP contribution in [0.4, 0.5) is 0 Å². The van der Waals surface area contributed by atoms with Crippen LogP contribution in [-0.4, -0.2) is 52.9 Å². The van der Waals surface area contributed by atoms with Gasteiger partial charge in [-0.3, -0.25) is 14.7 Å². The summed E-state index contributed by atoms with van der Waals surface area (Å²) in [5.41, 5.74) is 1.04. The second-order valence-corrected chi connectivity index (χ2v) is 6.41. The van der Waals surface area contributed by atoms with Gasteiger partial charge in [0.15, 0.2) is 0 Å². The Balaban J connectivity index is 1.72. The summed E-state index contributed by atoms with van der Waals surface area (Å²) >= 11 is 0. The Kier molecular flexibility index (Phi) is 6.54. The molecular weight excluding hydrogens is 288 g/mol. The van der Waals surface area contributed by atoms with Crippen LogP contribution in [0.1, 0.15) is 32.4 Å². The van der Waals surface area contributed by atoms with Crippen LogP contribution in [0.25, 0.3) is 0 Å². The fourth-order valence-corrected chi connectivity index (χ4v) is 3.03. The van der Waals surface area contributed by atoms with Crippen LogP contribution in [0.2, 0.25) is 0 Å². The SMILES string of the molecule is CC(C)C(C#N)N1CCN(C(=O)CCCc2ccccn2)CC1. The topological polar surface area (TPSA) is 60.2 Å². The van der Waals surface area contributed by atoms with Crippen molar-refractivity contribution >= 4 is 5.91 Å². The van der Waals surface area contributed by atoms with Gasteiger partial charge in [0.2, 0.25) is 5.91 Å². The Morgan fingerprint density at radius 2 is 2.04 bits per heavy atom. The molecule has 0 radical (unpaired) electrons. The van der Waals surface area contributed by atoms with E-state index in [1.807, 2.05) is 23.1 Å². The maximum absolute atomic E-state index is 12.3. The van der Waals surface area contributed by atoms with Crippen LogP contribution in [-0.2, 0) is 11.2 Å². The molecule has 0 aromatic carbocycles. The quantitative estimate of drug-likeness (QED) is 0.807. The number of hydrogen-bond acceptors (Lipinski definition) is 4. The van der Waals surface area contributed by atoms with Crippen LogP contribution in [0.15, 0.2) is 24.4 Å². The van der Waals surface area contributed by atoms with E-state index >= 15 is 0 Å². The first-order valence-electron chi connectivity index (χ1n) is 8.43. The average Bonchev–Trinajstić information content (AvgIpc) is 2.56. The molecule has 0 N–H and O–H groups in total. The van der Waals surface area contributed by atoms with Crippen molar-refractivity contribution in [2.75, 3.05) is 26.2 Å². The highest BCUT2D eigenvalue weighted by atomic mass is 16.2. The minimum Gasteiger partial charge on any atom is -0.340 e. The van der Waals surface area contributed by atoms with Crippen molar-refractivity contribution in [2.24, 2.45) is 5.92 Å². The summed E-state index contributed by atoms with van der Waals surface area (Å²) in [6.07, 6.45) is 4.04. The van der Waals surface area contributed by atoms with Gasteiger partial charge in [-0.25, -0.2) is 0 Å². The third-order valence-electron chi connectivity index (χ3n) is 4.37. The zero-order valence-electron chi connectivity index (χ0n) is 14.1. The molecule has 5 nitrogen and oxygen atoms in total. The van der Waals surface area contributed by atoms with Crippen LogP contribution in [0, 0.1) is 17.2 Å². The van der Waals surface area contributed by atoms with Gasteiger partial charge in [0, 0.05) is 44.5 Å². The fraction of sp³-hybridized carbons (Fsp3) is 0.611. The first-order chi connectivity index (χ1) is 11.1. The number of pyridine rings is 1. The molecule has 1 amide bonds. The summed E-state index contributed by atoms with van der Waals surface area (Å²) in [5, 5.41) is 9.27. The second-order valence-electron chi connectivity index (χ2n) is 6.41. The van der Waals surface area contributed by atoms with E-state index in [1.165, 1.54) is 0 Å². The highest BCUT2D eigenvalue weighted by Gasteiger charge is 2.27. The number of amides is 1. The lowest BCUT2D eigenvalue weighted by Crippen LogP contribution is -2.52. The van der Waals surface area contributed by atoms with E-state index < -0.39 is 0 Å². The number of carbonyl (C=O) groups is 1. The monoisotopic (exact) mass is 314 g/mol. The normalized spacial score (nSPS) is 17.0. The molecule has 0 bridgehead atoms. The highest BCUT2D eigenvalue weighted by molar-refractivity contribution is 5.76. The number of piperazine rings is 1. The number of aromatic nitrogens is 1. The summed E-state index contributed by atoms with van der Waals surface area (Å²) in [6, 6.07) is 8.21. The summed E-state index contributed by atoms with van der Waals surface area (Å²) < 4.78 is 0. The fourth-order valence-electron chi connectivity index (χ4n) is 3.03. The number of nitrogens with zero attached hydrogens (tertiary/aromatic N) is 4. The minimum absolute atomic E-state index is 0.0450. The second kappa shape index (κ2) is 8.64. The minimum atomic E-state index is -0.0450. The number of rotatable bonds is 6. The molecule has 1 unspecified atom stereocenters. The molecule has 1 aliphatic rings. The molecule has 124 valence electrons. The predicted molar refractivity (Wildman–Crippen MR) is 89.6 cm³/mol. The molecule has 1 fully saturated rings. The summed E-state index contributed by atoms with van der Waals surface area (Å²) in [7, 11) is 0. The first-order valence-corrected chi connectivity index (χ1v) is 8.43. The van der Waals surface area contributed by atoms with Crippen molar-refractivity contribution in [3.63, 3.8) is 0 Å². The van der Waals surface area contributed by atoms with Gasteiger partial charge >= 0.3 is 0 Å². The lowest BCUT2D eigenvalue weighted by molar-refractivity contribution is -0.133. The van der Waals surface area contributed by atoms with Gasteiger partial charge in [-0.1, -0.05) is 19.9 Å². The molecule has 1 aromatic heterocycles. The third kappa shape index (κ3) is 5.04. The van der Waals surface area contributed by atoms with Crippen LogP contribution in [0.5, 0.6) is 0 Å². The van der Waals surface area contributed by atoms with Crippen molar-refractivity contribution in [2.45, 2.75) is 39.2 Å². The Morgan fingerprint density at radius 3 is 2.61 bits per heavy atom. The maximum atomic E-state index is 12.3. The average molecular weight is 314 g/mol. The Labute approximate surface area is 138 Å². The van der Waals surface area contributed by atoms with E-state index in [9.17, 15) is 10.1 Å². The summed E-state index contributed by atoms with van der Waals surface area (Å²) in [6.45, 7) is 7.19. The number of nitriles is 1. The number of aryl methyl sites for hydroxylation is 1. The van der Waals surface area contributed by atoms with E-state index in [0.717, 1.165) is 44.7 Å². The van der Waals surface area contributed by atoms with Crippen molar-refractivity contribution in [1.82, 2.24) is 14.8 Å². The van der Waals surface area contributed by atoms with E-state index in [4.69, 9.17) is 0 Å². The van der Waals surface area contributed by atoms with Gasteiger partial charge in [0.05, 0.1) is 6.07 Å². The van der Waals surface area contributed by atoms with Gasteiger partial charge in [-0.15, -0.1) is 0 Å². The van der Waals surface area contributed by atoms with E-state index in [1.54, 1.807) is 6.20 Å². The zero-order chi connectivity index (χ0) is 16.7. The van der Waals surface area contributed by atoms with E-state index in [-0.39, 0.29) is 11.9 Å². The molecule has 2 heterocycles. The Morgan fingerprint density at radius 1 is 1.30 bits per heavy atom. The number of hydrogen-bond donors (Lipinski definition) is 0.